The zero-order valence-corrected chi connectivity index (χ0v) is 15.0. The Kier molecular flexibility index (Phi) is 4.41. The highest BCUT2D eigenvalue weighted by Crippen LogP contribution is 2.36. The molecule has 0 atom stereocenters. The largest absolute Gasteiger partial charge is 0.496 e. The summed E-state index contributed by atoms with van der Waals surface area (Å²) in [7, 11) is -0.398. The SMILES string of the molecule is Cc1nc(OCc2ccccc2)ccc1B1OC(C)(C)C(C)(C)O1. The van der Waals surface area contributed by atoms with Crippen molar-refractivity contribution in [3.63, 3.8) is 0 Å². The predicted octanol–water partition coefficient (Wildman–Crippen LogP) is 3.27. The highest BCUT2D eigenvalue weighted by molar-refractivity contribution is 6.62. The lowest BCUT2D eigenvalue weighted by molar-refractivity contribution is 0.00578. The normalized spacial score (nSPS) is 18.6. The summed E-state index contributed by atoms with van der Waals surface area (Å²) in [6, 6.07) is 13.9. The summed E-state index contributed by atoms with van der Waals surface area (Å²) >= 11 is 0. The van der Waals surface area contributed by atoms with Gasteiger partial charge in [-0.25, -0.2) is 4.98 Å². The maximum absolute atomic E-state index is 6.10. The molecule has 1 aliphatic rings. The van der Waals surface area contributed by atoms with Crippen molar-refractivity contribution in [1.29, 1.82) is 0 Å². The van der Waals surface area contributed by atoms with E-state index in [0.29, 0.717) is 12.5 Å². The lowest BCUT2D eigenvalue weighted by atomic mass is 9.78. The van der Waals surface area contributed by atoms with Crippen LogP contribution in [0.25, 0.3) is 0 Å². The summed E-state index contributed by atoms with van der Waals surface area (Å²) < 4.78 is 18.0. The molecule has 0 saturated carbocycles. The van der Waals surface area contributed by atoms with Gasteiger partial charge in [-0.3, -0.25) is 0 Å². The van der Waals surface area contributed by atoms with Gasteiger partial charge in [-0.15, -0.1) is 0 Å². The third-order valence-electron chi connectivity index (χ3n) is 4.84. The van der Waals surface area contributed by atoms with Crippen LogP contribution in [0.5, 0.6) is 5.88 Å². The summed E-state index contributed by atoms with van der Waals surface area (Å²) in [5, 5.41) is 0. The van der Waals surface area contributed by atoms with E-state index in [1.165, 1.54) is 0 Å². The molecule has 3 rings (SSSR count). The van der Waals surface area contributed by atoms with Gasteiger partial charge in [0.2, 0.25) is 5.88 Å². The highest BCUT2D eigenvalue weighted by atomic mass is 16.7. The Morgan fingerprint density at radius 1 is 0.958 bits per heavy atom. The number of hydrogen-bond acceptors (Lipinski definition) is 4. The first-order valence-electron chi connectivity index (χ1n) is 8.28. The first kappa shape index (κ1) is 17.0. The van der Waals surface area contributed by atoms with Gasteiger partial charge in [0.05, 0.1) is 11.2 Å². The number of aryl methyl sites for hydroxylation is 1. The molecule has 0 radical (unpaired) electrons. The maximum atomic E-state index is 6.10. The van der Waals surface area contributed by atoms with E-state index in [4.69, 9.17) is 14.0 Å². The van der Waals surface area contributed by atoms with Crippen molar-refractivity contribution >= 4 is 12.6 Å². The molecule has 1 aliphatic heterocycles. The first-order chi connectivity index (χ1) is 11.3. The van der Waals surface area contributed by atoms with Crippen molar-refractivity contribution in [2.24, 2.45) is 0 Å². The summed E-state index contributed by atoms with van der Waals surface area (Å²) in [6.07, 6.45) is 0. The average molecular weight is 325 g/mol. The van der Waals surface area contributed by atoms with E-state index in [-0.39, 0.29) is 11.2 Å². The molecule has 1 aromatic carbocycles. The lowest BCUT2D eigenvalue weighted by Gasteiger charge is -2.32. The van der Waals surface area contributed by atoms with E-state index < -0.39 is 7.12 Å². The molecular formula is C19H24BNO3. The van der Waals surface area contributed by atoms with Gasteiger partial charge in [-0.2, -0.15) is 0 Å². The molecule has 0 spiro atoms. The minimum absolute atomic E-state index is 0.355. The van der Waals surface area contributed by atoms with E-state index in [9.17, 15) is 0 Å². The molecule has 1 saturated heterocycles. The van der Waals surface area contributed by atoms with Crippen LogP contribution < -0.4 is 10.2 Å². The van der Waals surface area contributed by atoms with Crippen LogP contribution in [0.4, 0.5) is 0 Å². The standard InChI is InChI=1S/C19H24BNO3/c1-14-16(20-23-18(2,3)19(4,5)24-20)11-12-17(21-14)22-13-15-9-7-6-8-10-15/h6-12H,13H2,1-5H3. The Morgan fingerprint density at radius 2 is 1.58 bits per heavy atom. The van der Waals surface area contributed by atoms with Crippen LogP contribution in [0.1, 0.15) is 39.0 Å². The Labute approximate surface area is 144 Å². The molecule has 0 N–H and O–H groups in total. The van der Waals surface area contributed by atoms with Crippen LogP contribution >= 0.6 is 0 Å². The Hall–Kier alpha value is -1.85. The fourth-order valence-electron chi connectivity index (χ4n) is 2.58. The molecule has 4 nitrogen and oxygen atoms in total. The Morgan fingerprint density at radius 3 is 2.17 bits per heavy atom. The zero-order valence-electron chi connectivity index (χ0n) is 15.0. The molecule has 2 aromatic rings. The number of benzene rings is 1. The second-order valence-electron chi connectivity index (χ2n) is 7.19. The predicted molar refractivity (Wildman–Crippen MR) is 95.5 cm³/mol. The zero-order chi connectivity index (χ0) is 17.4. The molecule has 0 unspecified atom stereocenters. The Bertz CT molecular complexity index is 700. The van der Waals surface area contributed by atoms with Crippen molar-refractivity contribution in [3.8, 4) is 5.88 Å². The van der Waals surface area contributed by atoms with Gasteiger partial charge in [0, 0.05) is 11.2 Å². The third kappa shape index (κ3) is 3.33. The van der Waals surface area contributed by atoms with Gasteiger partial charge in [0.1, 0.15) is 6.61 Å². The van der Waals surface area contributed by atoms with E-state index in [1.54, 1.807) is 0 Å². The van der Waals surface area contributed by atoms with Crippen LogP contribution in [-0.2, 0) is 15.9 Å². The van der Waals surface area contributed by atoms with E-state index in [0.717, 1.165) is 16.7 Å². The molecule has 0 aliphatic carbocycles. The van der Waals surface area contributed by atoms with Crippen LogP contribution in [-0.4, -0.2) is 23.3 Å². The number of ether oxygens (including phenoxy) is 1. The molecule has 126 valence electrons. The molecule has 5 heteroatoms. The summed E-state index contributed by atoms with van der Waals surface area (Å²) in [5.74, 6) is 0.608. The topological polar surface area (TPSA) is 40.6 Å². The number of pyridine rings is 1. The average Bonchev–Trinajstić information content (AvgIpc) is 2.74. The molecule has 0 bridgehead atoms. The molecule has 1 aromatic heterocycles. The monoisotopic (exact) mass is 325 g/mol. The van der Waals surface area contributed by atoms with Crippen molar-refractivity contribution in [2.45, 2.75) is 52.4 Å². The van der Waals surface area contributed by atoms with Crippen LogP contribution in [0.15, 0.2) is 42.5 Å². The number of rotatable bonds is 4. The van der Waals surface area contributed by atoms with Crippen molar-refractivity contribution in [1.82, 2.24) is 4.98 Å². The molecular weight excluding hydrogens is 301 g/mol. The van der Waals surface area contributed by atoms with Gasteiger partial charge in [-0.1, -0.05) is 36.4 Å². The second-order valence-corrected chi connectivity index (χ2v) is 7.19. The molecule has 2 heterocycles. The second kappa shape index (κ2) is 6.23. The van der Waals surface area contributed by atoms with Gasteiger partial charge >= 0.3 is 7.12 Å². The summed E-state index contributed by atoms with van der Waals surface area (Å²) in [4.78, 5) is 4.55. The fraction of sp³-hybridized carbons (Fsp3) is 0.421. The van der Waals surface area contributed by atoms with E-state index in [2.05, 4.69) is 4.98 Å². The number of nitrogens with zero attached hydrogens (tertiary/aromatic N) is 1. The van der Waals surface area contributed by atoms with Gasteiger partial charge < -0.3 is 14.0 Å². The minimum atomic E-state index is -0.398. The van der Waals surface area contributed by atoms with Gasteiger partial charge in [0.25, 0.3) is 0 Å². The molecule has 0 amide bonds. The number of hydrogen-bond donors (Lipinski definition) is 0. The van der Waals surface area contributed by atoms with Crippen LogP contribution in [0.3, 0.4) is 0 Å². The van der Waals surface area contributed by atoms with Crippen LogP contribution in [0.2, 0.25) is 0 Å². The van der Waals surface area contributed by atoms with Crippen molar-refractivity contribution in [3.05, 3.63) is 53.7 Å². The summed E-state index contributed by atoms with van der Waals surface area (Å²) in [5.41, 5.74) is 2.21. The minimum Gasteiger partial charge on any atom is -0.473 e. The Balaban J connectivity index is 1.72. The fourth-order valence-corrected chi connectivity index (χ4v) is 2.58. The molecule has 24 heavy (non-hydrogen) atoms. The first-order valence-corrected chi connectivity index (χ1v) is 8.28. The highest BCUT2D eigenvalue weighted by Gasteiger charge is 2.52. The van der Waals surface area contributed by atoms with Crippen molar-refractivity contribution in [2.75, 3.05) is 0 Å². The van der Waals surface area contributed by atoms with E-state index in [1.807, 2.05) is 77.1 Å². The summed E-state index contributed by atoms with van der Waals surface area (Å²) in [6.45, 7) is 10.7. The van der Waals surface area contributed by atoms with Gasteiger partial charge in [0.15, 0.2) is 0 Å². The molecule has 1 fully saturated rings. The smallest absolute Gasteiger partial charge is 0.473 e. The maximum Gasteiger partial charge on any atom is 0.496 e. The number of aromatic nitrogens is 1. The quantitative estimate of drug-likeness (QED) is 0.809. The lowest BCUT2D eigenvalue weighted by Crippen LogP contribution is -2.41. The van der Waals surface area contributed by atoms with Crippen LogP contribution in [0, 0.1) is 6.92 Å². The van der Waals surface area contributed by atoms with E-state index >= 15 is 0 Å². The third-order valence-corrected chi connectivity index (χ3v) is 4.84. The van der Waals surface area contributed by atoms with Crippen molar-refractivity contribution < 1.29 is 14.0 Å². The van der Waals surface area contributed by atoms with Gasteiger partial charge in [-0.05, 0) is 46.2 Å².